The van der Waals surface area contributed by atoms with Crippen LogP contribution in [0.15, 0.2) is 0 Å². The summed E-state index contributed by atoms with van der Waals surface area (Å²) in [6.07, 6.45) is 1.47. The minimum absolute atomic E-state index is 0.107. The van der Waals surface area contributed by atoms with Gasteiger partial charge in [0.25, 0.3) is 10.1 Å². The van der Waals surface area contributed by atoms with E-state index in [-0.39, 0.29) is 25.0 Å². The summed E-state index contributed by atoms with van der Waals surface area (Å²) >= 11 is 0. The molecular formula is C16H29NO7S. The highest BCUT2D eigenvalue weighted by molar-refractivity contribution is 7.86. The molecule has 0 aliphatic carbocycles. The van der Waals surface area contributed by atoms with Crippen molar-refractivity contribution < 1.29 is 31.7 Å². The summed E-state index contributed by atoms with van der Waals surface area (Å²) in [4.78, 5) is 25.5. The molecule has 1 rings (SSSR count). The SMILES string of the molecule is CCOC(=O)CC[C@@H]1CC[C@@H](OS(C)(=O)=O)CN1C(=O)OC(C)(C)C. The molecule has 0 aromatic rings. The smallest absolute Gasteiger partial charge is 0.410 e. The summed E-state index contributed by atoms with van der Waals surface area (Å²) in [5.74, 6) is -0.318. The number of carbonyl (C=O) groups is 2. The van der Waals surface area contributed by atoms with Gasteiger partial charge in [0, 0.05) is 12.5 Å². The van der Waals surface area contributed by atoms with E-state index in [0.29, 0.717) is 25.9 Å². The number of rotatable bonds is 6. The maximum atomic E-state index is 12.5. The van der Waals surface area contributed by atoms with Crippen molar-refractivity contribution in [2.24, 2.45) is 0 Å². The number of hydrogen-bond donors (Lipinski definition) is 0. The van der Waals surface area contributed by atoms with Gasteiger partial charge in [-0.15, -0.1) is 0 Å². The van der Waals surface area contributed by atoms with Crippen LogP contribution in [0.4, 0.5) is 4.79 Å². The Morgan fingerprint density at radius 1 is 1.20 bits per heavy atom. The van der Waals surface area contributed by atoms with E-state index in [1.165, 1.54) is 4.90 Å². The van der Waals surface area contributed by atoms with Crippen molar-refractivity contribution in [2.45, 2.75) is 71.1 Å². The Kier molecular flexibility index (Phi) is 7.67. The zero-order chi connectivity index (χ0) is 19.3. The first-order chi connectivity index (χ1) is 11.4. The van der Waals surface area contributed by atoms with Gasteiger partial charge in [-0.3, -0.25) is 8.98 Å². The Bertz CT molecular complexity index is 568. The van der Waals surface area contributed by atoms with Gasteiger partial charge in [-0.1, -0.05) is 0 Å². The summed E-state index contributed by atoms with van der Waals surface area (Å²) in [6, 6.07) is -0.223. The highest BCUT2D eigenvalue weighted by atomic mass is 32.2. The van der Waals surface area contributed by atoms with Gasteiger partial charge in [-0.2, -0.15) is 8.42 Å². The number of esters is 1. The van der Waals surface area contributed by atoms with Gasteiger partial charge >= 0.3 is 12.1 Å². The molecule has 0 bridgehead atoms. The molecule has 1 saturated heterocycles. The van der Waals surface area contributed by atoms with Crippen molar-refractivity contribution in [3.8, 4) is 0 Å². The van der Waals surface area contributed by atoms with Gasteiger partial charge in [0.1, 0.15) is 5.60 Å². The highest BCUT2D eigenvalue weighted by Gasteiger charge is 2.36. The van der Waals surface area contributed by atoms with E-state index in [2.05, 4.69) is 0 Å². The second-order valence-corrected chi connectivity index (χ2v) is 8.73. The molecule has 146 valence electrons. The van der Waals surface area contributed by atoms with Crippen LogP contribution in [0.3, 0.4) is 0 Å². The maximum absolute atomic E-state index is 12.5. The summed E-state index contributed by atoms with van der Waals surface area (Å²) in [6.45, 7) is 7.42. The second kappa shape index (κ2) is 8.84. The molecule has 8 nitrogen and oxygen atoms in total. The van der Waals surface area contributed by atoms with Gasteiger partial charge in [0.15, 0.2) is 0 Å². The zero-order valence-electron chi connectivity index (χ0n) is 15.6. The predicted octanol–water partition coefficient (Wildman–Crippen LogP) is 2.07. The Hall–Kier alpha value is -1.35. The molecule has 0 aromatic heterocycles. The van der Waals surface area contributed by atoms with Crippen molar-refractivity contribution in [1.29, 1.82) is 0 Å². The van der Waals surface area contributed by atoms with Crippen LogP contribution in [-0.2, 0) is 28.6 Å². The fraction of sp³-hybridized carbons (Fsp3) is 0.875. The number of nitrogens with zero attached hydrogens (tertiary/aromatic N) is 1. The summed E-state index contributed by atoms with van der Waals surface area (Å²) in [5.41, 5.74) is -0.673. The van der Waals surface area contributed by atoms with Crippen molar-refractivity contribution >= 4 is 22.2 Å². The van der Waals surface area contributed by atoms with E-state index in [0.717, 1.165) is 6.26 Å². The highest BCUT2D eigenvalue weighted by Crippen LogP contribution is 2.26. The first kappa shape index (κ1) is 21.7. The summed E-state index contributed by atoms with van der Waals surface area (Å²) < 4.78 is 38.1. The lowest BCUT2D eigenvalue weighted by Gasteiger charge is -2.39. The quantitative estimate of drug-likeness (QED) is 0.514. The first-order valence-corrected chi connectivity index (χ1v) is 10.3. The van der Waals surface area contributed by atoms with E-state index >= 15 is 0 Å². The average molecular weight is 379 g/mol. The molecule has 0 N–H and O–H groups in total. The lowest BCUT2D eigenvalue weighted by molar-refractivity contribution is -0.143. The Labute approximate surface area is 149 Å². The lowest BCUT2D eigenvalue weighted by atomic mass is 9.97. The predicted molar refractivity (Wildman–Crippen MR) is 91.5 cm³/mol. The standard InChI is InChI=1S/C16H29NO7S/c1-6-22-14(18)10-8-12-7-9-13(24-25(5,20)21)11-17(12)15(19)23-16(2,3)4/h12-13H,6-11H2,1-5H3/t12-,13+/m0/s1. The molecule has 0 spiro atoms. The van der Waals surface area contributed by atoms with E-state index < -0.39 is 27.9 Å². The van der Waals surface area contributed by atoms with Gasteiger partial charge in [-0.25, -0.2) is 4.79 Å². The van der Waals surface area contributed by atoms with Crippen molar-refractivity contribution in [3.63, 3.8) is 0 Å². The minimum atomic E-state index is -3.61. The molecule has 0 radical (unpaired) electrons. The third-order valence-corrected chi connectivity index (χ3v) is 4.21. The molecule has 2 atom stereocenters. The molecule has 25 heavy (non-hydrogen) atoms. The molecule has 1 fully saturated rings. The van der Waals surface area contributed by atoms with Crippen molar-refractivity contribution in [3.05, 3.63) is 0 Å². The Balaban J connectivity index is 2.80. The Morgan fingerprint density at radius 2 is 1.84 bits per heavy atom. The first-order valence-electron chi connectivity index (χ1n) is 8.44. The van der Waals surface area contributed by atoms with E-state index in [9.17, 15) is 18.0 Å². The van der Waals surface area contributed by atoms with Crippen molar-refractivity contribution in [2.75, 3.05) is 19.4 Å². The molecule has 0 unspecified atom stereocenters. The molecular weight excluding hydrogens is 350 g/mol. The molecule has 0 aromatic carbocycles. The van der Waals surface area contributed by atoms with Crippen LogP contribution in [-0.4, -0.2) is 62.5 Å². The number of likely N-dealkylation sites (tertiary alicyclic amines) is 1. The zero-order valence-corrected chi connectivity index (χ0v) is 16.4. The van der Waals surface area contributed by atoms with E-state index in [1.807, 2.05) is 0 Å². The van der Waals surface area contributed by atoms with Gasteiger partial charge in [-0.05, 0) is 47.0 Å². The minimum Gasteiger partial charge on any atom is -0.466 e. The average Bonchev–Trinajstić information content (AvgIpc) is 2.42. The van der Waals surface area contributed by atoms with Gasteiger partial charge in [0.2, 0.25) is 0 Å². The largest absolute Gasteiger partial charge is 0.466 e. The lowest BCUT2D eigenvalue weighted by Crippen LogP contribution is -2.51. The third-order valence-electron chi connectivity index (χ3n) is 3.59. The van der Waals surface area contributed by atoms with Gasteiger partial charge in [0.05, 0.1) is 25.5 Å². The fourth-order valence-electron chi connectivity index (χ4n) is 2.68. The summed E-state index contributed by atoms with van der Waals surface area (Å²) in [7, 11) is -3.61. The topological polar surface area (TPSA) is 99.2 Å². The third kappa shape index (κ3) is 8.53. The van der Waals surface area contributed by atoms with E-state index in [4.69, 9.17) is 13.7 Å². The van der Waals surface area contributed by atoms with Crippen LogP contribution in [0.2, 0.25) is 0 Å². The molecule has 1 aliphatic rings. The summed E-state index contributed by atoms with van der Waals surface area (Å²) in [5, 5.41) is 0. The van der Waals surface area contributed by atoms with Crippen LogP contribution in [0.1, 0.15) is 53.4 Å². The molecule has 1 amide bonds. The normalized spacial score (nSPS) is 21.7. The van der Waals surface area contributed by atoms with Crippen LogP contribution in [0.25, 0.3) is 0 Å². The Morgan fingerprint density at radius 3 is 2.36 bits per heavy atom. The van der Waals surface area contributed by atoms with Crippen LogP contribution < -0.4 is 0 Å². The molecule has 9 heteroatoms. The second-order valence-electron chi connectivity index (χ2n) is 7.13. The molecule has 1 aliphatic heterocycles. The van der Waals surface area contributed by atoms with E-state index in [1.54, 1.807) is 27.7 Å². The number of amides is 1. The maximum Gasteiger partial charge on any atom is 0.410 e. The number of piperidine rings is 1. The van der Waals surface area contributed by atoms with Crippen LogP contribution in [0.5, 0.6) is 0 Å². The molecule has 0 saturated carbocycles. The van der Waals surface area contributed by atoms with Crippen LogP contribution in [0, 0.1) is 0 Å². The number of hydrogen-bond acceptors (Lipinski definition) is 7. The monoisotopic (exact) mass is 379 g/mol. The number of carbonyl (C=O) groups excluding carboxylic acids is 2. The molecule has 1 heterocycles. The number of ether oxygens (including phenoxy) is 2. The van der Waals surface area contributed by atoms with Crippen LogP contribution >= 0.6 is 0 Å². The van der Waals surface area contributed by atoms with Gasteiger partial charge < -0.3 is 14.4 Å². The fourth-order valence-corrected chi connectivity index (χ4v) is 3.33. The van der Waals surface area contributed by atoms with Crippen molar-refractivity contribution in [1.82, 2.24) is 4.90 Å².